The van der Waals surface area contributed by atoms with Gasteiger partial charge in [-0.1, -0.05) is 6.07 Å². The molecule has 2 aromatic heterocycles. The van der Waals surface area contributed by atoms with Crippen LogP contribution in [0.15, 0.2) is 24.4 Å². The van der Waals surface area contributed by atoms with E-state index in [0.717, 1.165) is 10.8 Å². The van der Waals surface area contributed by atoms with E-state index < -0.39 is 0 Å². The predicted octanol–water partition coefficient (Wildman–Crippen LogP) is 3.42. The van der Waals surface area contributed by atoms with Crippen LogP contribution in [0.2, 0.25) is 0 Å². The second-order valence-corrected chi connectivity index (χ2v) is 5.24. The number of pyridine rings is 1. The third-order valence-corrected chi connectivity index (χ3v) is 3.49. The van der Waals surface area contributed by atoms with Crippen molar-refractivity contribution in [2.45, 2.75) is 26.8 Å². The van der Waals surface area contributed by atoms with Crippen LogP contribution in [-0.2, 0) is 0 Å². The third kappa shape index (κ3) is 3.20. The van der Waals surface area contributed by atoms with Crippen molar-refractivity contribution in [1.29, 1.82) is 0 Å². The summed E-state index contributed by atoms with van der Waals surface area (Å²) in [6.07, 6.45) is 1.89. The van der Waals surface area contributed by atoms with Crippen LogP contribution in [0.1, 0.15) is 29.8 Å². The van der Waals surface area contributed by atoms with Gasteiger partial charge in [0, 0.05) is 17.1 Å². The lowest BCUT2D eigenvalue weighted by Gasteiger charge is -2.12. The predicted molar refractivity (Wildman–Crippen MR) is 74.3 cm³/mol. The zero-order valence-corrected chi connectivity index (χ0v) is 11.6. The van der Waals surface area contributed by atoms with Crippen LogP contribution in [0.5, 0.6) is 5.88 Å². The first-order valence-corrected chi connectivity index (χ1v) is 6.79. The van der Waals surface area contributed by atoms with Gasteiger partial charge >= 0.3 is 0 Å². The smallest absolute Gasteiger partial charge is 0.215 e. The molecule has 0 bridgehead atoms. The molecule has 0 saturated heterocycles. The normalized spacial score (nSPS) is 12.2. The van der Waals surface area contributed by atoms with Gasteiger partial charge in [-0.2, -0.15) is 4.98 Å². The van der Waals surface area contributed by atoms with E-state index in [2.05, 4.69) is 29.1 Å². The molecule has 0 aliphatic heterocycles. The average Bonchev–Trinajstić information content (AvgIpc) is 2.77. The van der Waals surface area contributed by atoms with Gasteiger partial charge in [0.2, 0.25) is 5.88 Å². The van der Waals surface area contributed by atoms with Crippen molar-refractivity contribution < 1.29 is 4.74 Å². The van der Waals surface area contributed by atoms with E-state index in [-0.39, 0.29) is 6.04 Å². The number of aryl methyl sites for hydroxylation is 1. The van der Waals surface area contributed by atoms with Crippen molar-refractivity contribution in [3.8, 4) is 5.88 Å². The highest BCUT2D eigenvalue weighted by Gasteiger charge is 2.10. The monoisotopic (exact) mass is 263 g/mol. The maximum absolute atomic E-state index is 5.37. The summed E-state index contributed by atoms with van der Waals surface area (Å²) in [6, 6.07) is 5.86. The van der Waals surface area contributed by atoms with E-state index in [0.29, 0.717) is 12.5 Å². The Labute approximate surface area is 111 Å². The largest absolute Gasteiger partial charge is 0.478 e. The van der Waals surface area contributed by atoms with Crippen molar-refractivity contribution in [3.05, 3.63) is 34.3 Å². The maximum Gasteiger partial charge on any atom is 0.215 e. The lowest BCUT2D eigenvalue weighted by atomic mass is 10.3. The molecular formula is C13H17N3OS. The number of nitrogens with one attached hydrogen (secondary N) is 1. The van der Waals surface area contributed by atoms with Gasteiger partial charge in [0.05, 0.1) is 12.6 Å². The number of rotatable bonds is 5. The van der Waals surface area contributed by atoms with Gasteiger partial charge in [0.1, 0.15) is 10.8 Å². The molecule has 0 amide bonds. The summed E-state index contributed by atoms with van der Waals surface area (Å²) in [4.78, 5) is 9.96. The number of hydrogen-bond acceptors (Lipinski definition) is 5. The quantitative estimate of drug-likeness (QED) is 0.898. The van der Waals surface area contributed by atoms with Gasteiger partial charge in [0.25, 0.3) is 0 Å². The Morgan fingerprint density at radius 1 is 1.44 bits per heavy atom. The van der Waals surface area contributed by atoms with E-state index in [4.69, 9.17) is 4.74 Å². The lowest BCUT2D eigenvalue weighted by Crippen LogP contribution is -2.08. The molecule has 1 atom stereocenters. The number of thiazole rings is 1. The van der Waals surface area contributed by atoms with Crippen LogP contribution < -0.4 is 10.1 Å². The van der Waals surface area contributed by atoms with E-state index in [1.54, 1.807) is 11.3 Å². The fourth-order valence-corrected chi connectivity index (χ4v) is 2.36. The van der Waals surface area contributed by atoms with Crippen molar-refractivity contribution in [1.82, 2.24) is 9.97 Å². The fraction of sp³-hybridized carbons (Fsp3) is 0.385. The van der Waals surface area contributed by atoms with E-state index in [1.807, 2.05) is 31.3 Å². The molecule has 96 valence electrons. The molecule has 1 N–H and O–H groups in total. The molecule has 0 saturated carbocycles. The van der Waals surface area contributed by atoms with Crippen LogP contribution >= 0.6 is 11.3 Å². The molecule has 5 heteroatoms. The Bertz CT molecular complexity index is 512. The standard InChI is InChI=1S/C13H17N3OS/c1-4-17-12-7-5-6-11(16-12)15-10(3)13-14-8-9(2)18-13/h5-8,10H,4H2,1-3H3,(H,15,16). The van der Waals surface area contributed by atoms with Crippen LogP contribution in [0.4, 0.5) is 5.82 Å². The molecule has 0 aliphatic carbocycles. The van der Waals surface area contributed by atoms with Gasteiger partial charge in [-0.15, -0.1) is 11.3 Å². The molecular weight excluding hydrogens is 246 g/mol. The zero-order chi connectivity index (χ0) is 13.0. The molecule has 18 heavy (non-hydrogen) atoms. The first-order valence-electron chi connectivity index (χ1n) is 5.97. The van der Waals surface area contributed by atoms with Crippen molar-refractivity contribution in [2.24, 2.45) is 0 Å². The Balaban J connectivity index is 2.06. The molecule has 0 aliphatic rings. The van der Waals surface area contributed by atoms with Crippen LogP contribution in [0, 0.1) is 6.92 Å². The summed E-state index contributed by atoms with van der Waals surface area (Å²) < 4.78 is 5.37. The highest BCUT2D eigenvalue weighted by molar-refractivity contribution is 7.11. The number of hydrogen-bond donors (Lipinski definition) is 1. The highest BCUT2D eigenvalue weighted by atomic mass is 32.1. The number of anilines is 1. The van der Waals surface area contributed by atoms with E-state index >= 15 is 0 Å². The molecule has 0 aromatic carbocycles. The molecule has 1 unspecified atom stereocenters. The third-order valence-electron chi connectivity index (χ3n) is 2.39. The Morgan fingerprint density at radius 3 is 2.94 bits per heavy atom. The fourth-order valence-electron chi connectivity index (χ4n) is 1.58. The number of nitrogens with zero attached hydrogens (tertiary/aromatic N) is 2. The van der Waals surface area contributed by atoms with Gasteiger partial charge < -0.3 is 10.1 Å². The van der Waals surface area contributed by atoms with Crippen molar-refractivity contribution in [3.63, 3.8) is 0 Å². The molecule has 0 fully saturated rings. The van der Waals surface area contributed by atoms with Gasteiger partial charge in [-0.3, -0.25) is 0 Å². The van der Waals surface area contributed by atoms with Crippen molar-refractivity contribution >= 4 is 17.2 Å². The lowest BCUT2D eigenvalue weighted by molar-refractivity contribution is 0.327. The van der Waals surface area contributed by atoms with Crippen LogP contribution in [0.3, 0.4) is 0 Å². The molecule has 4 nitrogen and oxygen atoms in total. The highest BCUT2D eigenvalue weighted by Crippen LogP contribution is 2.23. The second-order valence-electron chi connectivity index (χ2n) is 3.97. The summed E-state index contributed by atoms with van der Waals surface area (Å²) >= 11 is 1.70. The summed E-state index contributed by atoms with van der Waals surface area (Å²) in [5.41, 5.74) is 0. The zero-order valence-electron chi connectivity index (χ0n) is 10.8. The van der Waals surface area contributed by atoms with Gasteiger partial charge in [-0.05, 0) is 26.8 Å². The average molecular weight is 263 g/mol. The van der Waals surface area contributed by atoms with Crippen LogP contribution in [0.25, 0.3) is 0 Å². The first kappa shape index (κ1) is 12.8. The maximum atomic E-state index is 5.37. The van der Waals surface area contributed by atoms with Crippen molar-refractivity contribution in [2.75, 3.05) is 11.9 Å². The summed E-state index contributed by atoms with van der Waals surface area (Å²) in [7, 11) is 0. The second kappa shape index (κ2) is 5.82. The summed E-state index contributed by atoms with van der Waals surface area (Å²) in [5.74, 6) is 1.45. The van der Waals surface area contributed by atoms with Gasteiger partial charge in [-0.25, -0.2) is 4.98 Å². The minimum atomic E-state index is 0.146. The summed E-state index contributed by atoms with van der Waals surface area (Å²) in [5, 5.41) is 4.39. The molecule has 0 radical (unpaired) electrons. The molecule has 2 aromatic rings. The SMILES string of the molecule is CCOc1cccc(NC(C)c2ncc(C)s2)n1. The van der Waals surface area contributed by atoms with Crippen LogP contribution in [-0.4, -0.2) is 16.6 Å². The Kier molecular flexibility index (Phi) is 4.15. The number of aromatic nitrogens is 2. The Morgan fingerprint density at radius 2 is 2.28 bits per heavy atom. The molecule has 2 heterocycles. The Hall–Kier alpha value is -1.62. The topological polar surface area (TPSA) is 47.0 Å². The minimum Gasteiger partial charge on any atom is -0.478 e. The first-order chi connectivity index (χ1) is 8.69. The minimum absolute atomic E-state index is 0.146. The number of ether oxygens (including phenoxy) is 1. The van der Waals surface area contributed by atoms with E-state index in [1.165, 1.54) is 4.88 Å². The van der Waals surface area contributed by atoms with E-state index in [9.17, 15) is 0 Å². The van der Waals surface area contributed by atoms with Gasteiger partial charge in [0.15, 0.2) is 0 Å². The molecule has 0 spiro atoms. The molecule has 2 rings (SSSR count). The summed E-state index contributed by atoms with van der Waals surface area (Å²) in [6.45, 7) is 6.70.